The molecule has 0 radical (unpaired) electrons. The molecular formula is C23H29NO5. The second-order valence-electron chi connectivity index (χ2n) is 6.56. The molecule has 0 saturated carbocycles. The number of ether oxygens (including phenoxy) is 4. The summed E-state index contributed by atoms with van der Waals surface area (Å²) in [6.45, 7) is 1.95. The van der Waals surface area contributed by atoms with Gasteiger partial charge in [-0.2, -0.15) is 0 Å². The van der Waals surface area contributed by atoms with Crippen LogP contribution in [0.15, 0.2) is 35.9 Å². The van der Waals surface area contributed by atoms with Crippen LogP contribution in [-0.2, 0) is 0 Å². The van der Waals surface area contributed by atoms with Gasteiger partial charge in [0.1, 0.15) is 5.75 Å². The number of hydrogen-bond acceptors (Lipinski definition) is 6. The monoisotopic (exact) mass is 399 g/mol. The predicted molar refractivity (Wildman–Crippen MR) is 116 cm³/mol. The van der Waals surface area contributed by atoms with Crippen LogP contribution in [-0.4, -0.2) is 48.3 Å². The van der Waals surface area contributed by atoms with Crippen LogP contribution < -0.4 is 23.8 Å². The van der Waals surface area contributed by atoms with Crippen molar-refractivity contribution in [3.63, 3.8) is 0 Å². The van der Waals surface area contributed by atoms with Gasteiger partial charge in [0.2, 0.25) is 5.75 Å². The number of anilines is 1. The van der Waals surface area contributed by atoms with Crippen molar-refractivity contribution in [3.05, 3.63) is 47.0 Å². The summed E-state index contributed by atoms with van der Waals surface area (Å²) in [7, 11) is 10.1. The average Bonchev–Trinajstić information content (AvgIpc) is 2.75. The molecule has 6 nitrogen and oxygen atoms in total. The lowest BCUT2D eigenvalue weighted by molar-refractivity contribution is 0.102. The van der Waals surface area contributed by atoms with E-state index in [4.69, 9.17) is 18.9 Å². The zero-order chi connectivity index (χ0) is 21.6. The first kappa shape index (κ1) is 22.1. The summed E-state index contributed by atoms with van der Waals surface area (Å²) >= 11 is 0. The molecule has 0 atom stereocenters. The number of carbonyl (C=O) groups excluding carboxylic acids is 1. The molecule has 0 saturated heterocycles. The highest BCUT2D eigenvalue weighted by atomic mass is 16.5. The number of ketones is 1. The van der Waals surface area contributed by atoms with Crippen molar-refractivity contribution in [2.45, 2.75) is 13.3 Å². The largest absolute Gasteiger partial charge is 0.495 e. The van der Waals surface area contributed by atoms with Gasteiger partial charge in [-0.05, 0) is 42.3 Å². The van der Waals surface area contributed by atoms with Crippen LogP contribution in [0.1, 0.15) is 29.3 Å². The summed E-state index contributed by atoms with van der Waals surface area (Å²) in [4.78, 5) is 15.3. The number of Topliss-reactive ketones (excluding diaryl/α,β-unsaturated/α-hetero) is 1. The third-order valence-electron chi connectivity index (χ3n) is 4.65. The molecule has 0 aromatic heterocycles. The van der Waals surface area contributed by atoms with Crippen molar-refractivity contribution < 1.29 is 23.7 Å². The Hall–Kier alpha value is -3.15. The molecule has 0 aliphatic rings. The van der Waals surface area contributed by atoms with Crippen molar-refractivity contribution in [2.24, 2.45) is 0 Å². The maximum atomic E-state index is 13.3. The number of benzene rings is 2. The average molecular weight is 399 g/mol. The summed E-state index contributed by atoms with van der Waals surface area (Å²) in [5.41, 5.74) is 2.94. The highest BCUT2D eigenvalue weighted by Crippen LogP contribution is 2.41. The van der Waals surface area contributed by atoms with Gasteiger partial charge in [-0.3, -0.25) is 4.79 Å². The molecule has 0 amide bonds. The number of nitrogens with zero attached hydrogens (tertiary/aromatic N) is 1. The smallest absolute Gasteiger partial charge is 0.204 e. The van der Waals surface area contributed by atoms with Crippen LogP contribution in [0.25, 0.3) is 6.08 Å². The number of carbonyl (C=O) groups is 1. The molecule has 6 heteroatoms. The quantitative estimate of drug-likeness (QED) is 0.458. The second-order valence-corrected chi connectivity index (χ2v) is 6.56. The SMILES string of the molecule is CCC(=Cc1ccc(OC)c(N(C)C)c1)C(=O)c1ccc(OC)c(OC)c1OC. The summed E-state index contributed by atoms with van der Waals surface area (Å²) in [5, 5.41) is 0. The maximum Gasteiger partial charge on any atom is 0.204 e. The molecule has 2 aromatic carbocycles. The molecule has 0 aliphatic heterocycles. The van der Waals surface area contributed by atoms with E-state index in [-0.39, 0.29) is 5.78 Å². The minimum atomic E-state index is -0.118. The summed E-state index contributed by atoms with van der Waals surface area (Å²) in [5.74, 6) is 1.93. The Balaban J connectivity index is 2.53. The Kier molecular flexibility index (Phi) is 7.53. The lowest BCUT2D eigenvalue weighted by Crippen LogP contribution is -2.10. The highest BCUT2D eigenvalue weighted by Gasteiger charge is 2.22. The highest BCUT2D eigenvalue weighted by molar-refractivity contribution is 6.13. The fourth-order valence-electron chi connectivity index (χ4n) is 3.13. The van der Waals surface area contributed by atoms with Gasteiger partial charge in [0.25, 0.3) is 0 Å². The van der Waals surface area contributed by atoms with Gasteiger partial charge in [-0.15, -0.1) is 0 Å². The Morgan fingerprint density at radius 2 is 1.52 bits per heavy atom. The third kappa shape index (κ3) is 4.65. The van der Waals surface area contributed by atoms with Gasteiger partial charge >= 0.3 is 0 Å². The lowest BCUT2D eigenvalue weighted by Gasteiger charge is -2.18. The van der Waals surface area contributed by atoms with Gasteiger partial charge in [0, 0.05) is 19.7 Å². The van der Waals surface area contributed by atoms with Gasteiger partial charge in [0.05, 0.1) is 39.7 Å². The minimum absolute atomic E-state index is 0.118. The van der Waals surface area contributed by atoms with E-state index in [9.17, 15) is 4.79 Å². The number of hydrogen-bond donors (Lipinski definition) is 0. The van der Waals surface area contributed by atoms with Crippen LogP contribution in [0.4, 0.5) is 5.69 Å². The molecule has 2 aromatic rings. The van der Waals surface area contributed by atoms with Gasteiger partial charge in [-0.25, -0.2) is 0 Å². The third-order valence-corrected chi connectivity index (χ3v) is 4.65. The van der Waals surface area contributed by atoms with Crippen LogP contribution in [0, 0.1) is 0 Å². The molecule has 0 aliphatic carbocycles. The maximum absolute atomic E-state index is 13.3. The number of methoxy groups -OCH3 is 4. The second kappa shape index (κ2) is 9.87. The van der Waals surface area contributed by atoms with E-state index in [0.29, 0.717) is 34.8 Å². The summed E-state index contributed by atoms with van der Waals surface area (Å²) in [6.07, 6.45) is 2.46. The number of allylic oxidation sites excluding steroid dienone is 1. The molecule has 0 fully saturated rings. The first-order valence-corrected chi connectivity index (χ1v) is 9.31. The standard InChI is InChI=1S/C23H29NO5/c1-8-16(13-15-9-11-19(26-4)18(14-15)24(2)3)21(25)17-10-12-20(27-5)23(29-7)22(17)28-6/h9-14H,8H2,1-7H3. The van der Waals surface area contributed by atoms with Crippen molar-refractivity contribution >= 4 is 17.5 Å². The van der Waals surface area contributed by atoms with Gasteiger partial charge < -0.3 is 23.8 Å². The van der Waals surface area contributed by atoms with Crippen LogP contribution in [0.3, 0.4) is 0 Å². The van der Waals surface area contributed by atoms with E-state index < -0.39 is 0 Å². The Morgan fingerprint density at radius 3 is 2.03 bits per heavy atom. The summed E-state index contributed by atoms with van der Waals surface area (Å²) < 4.78 is 21.6. The van der Waals surface area contributed by atoms with Gasteiger partial charge in [0.15, 0.2) is 17.3 Å². The van der Waals surface area contributed by atoms with Crippen LogP contribution in [0.2, 0.25) is 0 Å². The normalized spacial score (nSPS) is 11.1. The Labute approximate surface area is 172 Å². The molecule has 0 N–H and O–H groups in total. The molecule has 2 rings (SSSR count). The molecule has 29 heavy (non-hydrogen) atoms. The summed E-state index contributed by atoms with van der Waals surface area (Å²) in [6, 6.07) is 9.23. The van der Waals surface area contributed by atoms with E-state index in [2.05, 4.69) is 0 Å². The van der Waals surface area contributed by atoms with Crippen molar-refractivity contribution in [3.8, 4) is 23.0 Å². The minimum Gasteiger partial charge on any atom is -0.495 e. The van der Waals surface area contributed by atoms with E-state index in [1.54, 1.807) is 26.4 Å². The topological polar surface area (TPSA) is 57.2 Å². The van der Waals surface area contributed by atoms with E-state index in [0.717, 1.165) is 17.0 Å². The molecule has 156 valence electrons. The molecule has 0 bridgehead atoms. The molecule has 0 heterocycles. The van der Waals surface area contributed by atoms with Crippen molar-refractivity contribution in [2.75, 3.05) is 47.4 Å². The van der Waals surface area contributed by atoms with Crippen molar-refractivity contribution in [1.82, 2.24) is 0 Å². The van der Waals surface area contributed by atoms with Crippen LogP contribution >= 0.6 is 0 Å². The number of rotatable bonds is 9. The molecule has 0 spiro atoms. The molecular weight excluding hydrogens is 370 g/mol. The lowest BCUT2D eigenvalue weighted by atomic mass is 9.97. The Bertz CT molecular complexity index is 902. The first-order chi connectivity index (χ1) is 13.9. The fraction of sp³-hybridized carbons (Fsp3) is 0.348. The van der Waals surface area contributed by atoms with E-state index >= 15 is 0 Å². The Morgan fingerprint density at radius 1 is 0.897 bits per heavy atom. The predicted octanol–water partition coefficient (Wildman–Crippen LogP) is 4.46. The van der Waals surface area contributed by atoms with E-state index in [1.165, 1.54) is 14.2 Å². The van der Waals surface area contributed by atoms with E-state index in [1.807, 2.05) is 50.2 Å². The van der Waals surface area contributed by atoms with Crippen LogP contribution in [0.5, 0.6) is 23.0 Å². The zero-order valence-electron chi connectivity index (χ0n) is 18.2. The zero-order valence-corrected chi connectivity index (χ0v) is 18.2. The molecule has 0 unspecified atom stereocenters. The fourth-order valence-corrected chi connectivity index (χ4v) is 3.13. The van der Waals surface area contributed by atoms with Gasteiger partial charge in [-0.1, -0.05) is 13.0 Å². The first-order valence-electron chi connectivity index (χ1n) is 9.31. The van der Waals surface area contributed by atoms with Crippen molar-refractivity contribution in [1.29, 1.82) is 0 Å².